The van der Waals surface area contributed by atoms with Crippen LogP contribution in [0.1, 0.15) is 31.4 Å². The molecule has 4 nitrogen and oxygen atoms in total. The Morgan fingerprint density at radius 1 is 1.15 bits per heavy atom. The summed E-state index contributed by atoms with van der Waals surface area (Å²) in [5.41, 5.74) is 5.06. The van der Waals surface area contributed by atoms with E-state index in [0.717, 1.165) is 44.6 Å². The molecule has 3 rings (SSSR count). The first-order chi connectivity index (χ1) is 9.74. The molecule has 0 saturated heterocycles. The van der Waals surface area contributed by atoms with Crippen LogP contribution in [0.15, 0.2) is 12.1 Å². The Morgan fingerprint density at radius 3 is 2.65 bits per heavy atom. The average molecular weight is 274 g/mol. The maximum Gasteiger partial charge on any atom is 0.414 e. The van der Waals surface area contributed by atoms with Crippen molar-refractivity contribution in [3.63, 3.8) is 0 Å². The SMILES string of the molecule is CCOC(=O)N1CCCc2cc3c(cc21)CCN3CC. The molecule has 0 atom stereocenters. The maximum absolute atomic E-state index is 12.1. The van der Waals surface area contributed by atoms with Gasteiger partial charge >= 0.3 is 6.09 Å². The molecular formula is C16H22N2O2. The van der Waals surface area contributed by atoms with E-state index in [2.05, 4.69) is 24.0 Å². The van der Waals surface area contributed by atoms with Gasteiger partial charge in [-0.1, -0.05) is 0 Å². The third-order valence-corrected chi connectivity index (χ3v) is 4.26. The summed E-state index contributed by atoms with van der Waals surface area (Å²) in [6.45, 7) is 7.38. The van der Waals surface area contributed by atoms with Crippen molar-refractivity contribution in [1.82, 2.24) is 0 Å². The number of ether oxygens (including phenoxy) is 1. The Labute approximate surface area is 120 Å². The summed E-state index contributed by atoms with van der Waals surface area (Å²) in [6, 6.07) is 4.49. The number of likely N-dealkylation sites (N-methyl/N-ethyl adjacent to an activating group) is 1. The van der Waals surface area contributed by atoms with Gasteiger partial charge in [0.05, 0.1) is 12.3 Å². The lowest BCUT2D eigenvalue weighted by atomic mass is 9.98. The average Bonchev–Trinajstić information content (AvgIpc) is 2.86. The molecule has 0 aromatic heterocycles. The van der Waals surface area contributed by atoms with E-state index in [9.17, 15) is 4.79 Å². The normalized spacial score (nSPS) is 16.9. The first-order valence-electron chi connectivity index (χ1n) is 7.59. The highest BCUT2D eigenvalue weighted by atomic mass is 16.6. The number of hydrogen-bond donors (Lipinski definition) is 0. The van der Waals surface area contributed by atoms with Crippen molar-refractivity contribution < 1.29 is 9.53 Å². The van der Waals surface area contributed by atoms with E-state index in [1.165, 1.54) is 16.8 Å². The number of anilines is 2. The molecule has 1 aromatic carbocycles. The van der Waals surface area contributed by atoms with Gasteiger partial charge in [0.15, 0.2) is 0 Å². The molecule has 4 heteroatoms. The summed E-state index contributed by atoms with van der Waals surface area (Å²) in [5, 5.41) is 0. The Hall–Kier alpha value is -1.71. The molecule has 0 saturated carbocycles. The van der Waals surface area contributed by atoms with Gasteiger partial charge in [-0.2, -0.15) is 0 Å². The summed E-state index contributed by atoms with van der Waals surface area (Å²) >= 11 is 0. The molecule has 108 valence electrons. The van der Waals surface area contributed by atoms with Crippen molar-refractivity contribution in [2.24, 2.45) is 0 Å². The number of carbonyl (C=O) groups is 1. The zero-order chi connectivity index (χ0) is 14.1. The second-order valence-corrected chi connectivity index (χ2v) is 5.39. The number of fused-ring (bicyclic) bond motifs is 2. The van der Waals surface area contributed by atoms with E-state index in [-0.39, 0.29) is 6.09 Å². The third kappa shape index (κ3) is 2.13. The molecule has 0 radical (unpaired) electrons. The number of amides is 1. The van der Waals surface area contributed by atoms with Gasteiger partial charge in [-0.3, -0.25) is 4.90 Å². The van der Waals surface area contributed by atoms with Gasteiger partial charge in [0.1, 0.15) is 0 Å². The summed E-state index contributed by atoms with van der Waals surface area (Å²) < 4.78 is 5.18. The summed E-state index contributed by atoms with van der Waals surface area (Å²) in [6.07, 6.45) is 2.93. The van der Waals surface area contributed by atoms with Crippen molar-refractivity contribution >= 4 is 17.5 Å². The zero-order valence-electron chi connectivity index (χ0n) is 12.3. The molecule has 2 aliphatic rings. The van der Waals surface area contributed by atoms with E-state index < -0.39 is 0 Å². The van der Waals surface area contributed by atoms with Gasteiger partial charge in [0.25, 0.3) is 0 Å². The second-order valence-electron chi connectivity index (χ2n) is 5.39. The van der Waals surface area contributed by atoms with E-state index in [0.29, 0.717) is 6.61 Å². The lowest BCUT2D eigenvalue weighted by Gasteiger charge is -2.30. The van der Waals surface area contributed by atoms with Crippen molar-refractivity contribution in [2.75, 3.05) is 36.0 Å². The second kappa shape index (κ2) is 5.35. The molecule has 0 unspecified atom stereocenters. The van der Waals surface area contributed by atoms with Crippen molar-refractivity contribution in [1.29, 1.82) is 0 Å². The fourth-order valence-corrected chi connectivity index (χ4v) is 3.25. The number of aryl methyl sites for hydroxylation is 1. The highest BCUT2D eigenvalue weighted by Crippen LogP contribution is 2.37. The zero-order valence-corrected chi connectivity index (χ0v) is 12.3. The summed E-state index contributed by atoms with van der Waals surface area (Å²) in [5.74, 6) is 0. The molecule has 20 heavy (non-hydrogen) atoms. The van der Waals surface area contributed by atoms with E-state index in [4.69, 9.17) is 4.74 Å². The fraction of sp³-hybridized carbons (Fsp3) is 0.562. The highest BCUT2D eigenvalue weighted by Gasteiger charge is 2.27. The topological polar surface area (TPSA) is 32.8 Å². The van der Waals surface area contributed by atoms with Crippen LogP contribution in [-0.2, 0) is 17.6 Å². The molecule has 2 aliphatic heterocycles. The van der Waals surface area contributed by atoms with Crippen LogP contribution < -0.4 is 9.80 Å². The van der Waals surface area contributed by atoms with Crippen LogP contribution in [0.4, 0.5) is 16.2 Å². The van der Waals surface area contributed by atoms with Gasteiger partial charge in [-0.15, -0.1) is 0 Å². The van der Waals surface area contributed by atoms with Crippen LogP contribution in [0.2, 0.25) is 0 Å². The molecule has 0 bridgehead atoms. The van der Waals surface area contributed by atoms with Crippen LogP contribution in [0.3, 0.4) is 0 Å². The van der Waals surface area contributed by atoms with Crippen LogP contribution >= 0.6 is 0 Å². The molecule has 1 aromatic rings. The number of nitrogens with zero attached hydrogens (tertiary/aromatic N) is 2. The van der Waals surface area contributed by atoms with Crippen molar-refractivity contribution in [3.8, 4) is 0 Å². The quantitative estimate of drug-likeness (QED) is 0.831. The highest BCUT2D eigenvalue weighted by molar-refractivity contribution is 5.90. The maximum atomic E-state index is 12.1. The number of hydrogen-bond acceptors (Lipinski definition) is 3. The largest absolute Gasteiger partial charge is 0.449 e. The summed E-state index contributed by atoms with van der Waals surface area (Å²) in [7, 11) is 0. The van der Waals surface area contributed by atoms with Crippen LogP contribution in [0, 0.1) is 0 Å². The van der Waals surface area contributed by atoms with Crippen LogP contribution in [0.25, 0.3) is 0 Å². The van der Waals surface area contributed by atoms with Crippen LogP contribution in [-0.4, -0.2) is 32.3 Å². The van der Waals surface area contributed by atoms with Gasteiger partial charge in [-0.25, -0.2) is 4.79 Å². The van der Waals surface area contributed by atoms with E-state index in [1.54, 1.807) is 4.90 Å². The minimum Gasteiger partial charge on any atom is -0.449 e. The lowest BCUT2D eigenvalue weighted by Crippen LogP contribution is -2.36. The predicted octanol–water partition coefficient (Wildman–Crippen LogP) is 2.98. The number of benzene rings is 1. The van der Waals surface area contributed by atoms with Gasteiger partial charge < -0.3 is 9.64 Å². The Kier molecular flexibility index (Phi) is 3.55. The van der Waals surface area contributed by atoms with Crippen LogP contribution in [0.5, 0.6) is 0 Å². The molecule has 1 amide bonds. The molecule has 0 fully saturated rings. The Balaban J connectivity index is 1.97. The first kappa shape index (κ1) is 13.3. The smallest absolute Gasteiger partial charge is 0.414 e. The predicted molar refractivity (Wildman–Crippen MR) is 80.7 cm³/mol. The van der Waals surface area contributed by atoms with Crippen molar-refractivity contribution in [3.05, 3.63) is 23.3 Å². The minimum absolute atomic E-state index is 0.209. The number of carbonyl (C=O) groups excluding carboxylic acids is 1. The lowest BCUT2D eigenvalue weighted by molar-refractivity contribution is 0.159. The molecule has 0 spiro atoms. The number of rotatable bonds is 2. The molecule has 0 N–H and O–H groups in total. The Morgan fingerprint density at radius 2 is 1.90 bits per heavy atom. The molecule has 2 heterocycles. The van der Waals surface area contributed by atoms with Crippen molar-refractivity contribution in [2.45, 2.75) is 33.1 Å². The molecular weight excluding hydrogens is 252 g/mol. The monoisotopic (exact) mass is 274 g/mol. The molecule has 0 aliphatic carbocycles. The minimum atomic E-state index is -0.209. The van der Waals surface area contributed by atoms with E-state index in [1.807, 2.05) is 6.92 Å². The van der Waals surface area contributed by atoms with E-state index >= 15 is 0 Å². The van der Waals surface area contributed by atoms with Gasteiger partial charge in [-0.05, 0) is 56.4 Å². The van der Waals surface area contributed by atoms with Gasteiger partial charge in [0.2, 0.25) is 0 Å². The fourth-order valence-electron chi connectivity index (χ4n) is 3.25. The van der Waals surface area contributed by atoms with Gasteiger partial charge in [0, 0.05) is 25.3 Å². The summed E-state index contributed by atoms with van der Waals surface area (Å²) in [4.78, 5) is 16.3. The standard InChI is InChI=1S/C16H22N2O2/c1-3-17-9-7-13-11-15-12(10-14(13)17)6-5-8-18(15)16(19)20-4-2/h10-11H,3-9H2,1-2H3. The Bertz CT molecular complexity index is 527. The third-order valence-electron chi connectivity index (χ3n) is 4.26. The first-order valence-corrected chi connectivity index (χ1v) is 7.59.